The van der Waals surface area contributed by atoms with E-state index in [1.54, 1.807) is 4.94 Å². The van der Waals surface area contributed by atoms with E-state index in [2.05, 4.69) is 22.9 Å². The van der Waals surface area contributed by atoms with Crippen molar-refractivity contribution in [3.63, 3.8) is 0 Å². The Morgan fingerprint density at radius 3 is 1.40 bits per heavy atom. The third-order valence-electron chi connectivity index (χ3n) is 0. The molecule has 0 unspecified atom stereocenters. The maximum atomic E-state index is 3.32. The van der Waals surface area contributed by atoms with Crippen molar-refractivity contribution in [3.8, 4) is 0 Å². The zero-order valence-electron chi connectivity index (χ0n) is 2.62. The molecule has 3 heteroatoms. The molecule has 0 saturated carbocycles. The van der Waals surface area contributed by atoms with Crippen molar-refractivity contribution in [2.45, 2.75) is 0 Å². The smallest absolute Gasteiger partial charge is 1.00 e. The standard InChI is InChI=1S/C2H3.Al.2HI/c1-2;;;/h1H,2H2;;2*1H/q;+2;;/p-2. The Morgan fingerprint density at radius 1 is 1.40 bits per heavy atom. The van der Waals surface area contributed by atoms with Gasteiger partial charge in [0.15, 0.2) is 0 Å². The summed E-state index contributed by atoms with van der Waals surface area (Å²) in [7, 11) is 0. The third kappa shape index (κ3) is 26.6. The van der Waals surface area contributed by atoms with Crippen LogP contribution in [0.3, 0.4) is 0 Å². The van der Waals surface area contributed by atoms with Crippen LogP contribution in [0, 0.1) is 0 Å². The molecule has 0 aromatic heterocycles. The Hall–Kier alpha value is 1.73. The molecule has 5 heavy (non-hydrogen) atoms. The van der Waals surface area contributed by atoms with E-state index in [4.69, 9.17) is 0 Å². The van der Waals surface area contributed by atoms with E-state index in [-0.39, 0.29) is 48.0 Å². The molecular weight excluding hydrogens is 305 g/mol. The Kier molecular flexibility index (Phi) is 54.6. The molecule has 0 amide bonds. The van der Waals surface area contributed by atoms with Crippen LogP contribution in [0.25, 0.3) is 0 Å². The van der Waals surface area contributed by atoms with Crippen LogP contribution < -0.4 is 48.0 Å². The van der Waals surface area contributed by atoms with Gasteiger partial charge in [0.1, 0.15) is 0 Å². The summed E-state index contributed by atoms with van der Waals surface area (Å²) < 4.78 is 0. The fourth-order valence-electron chi connectivity index (χ4n) is 0. The monoisotopic (exact) mass is 308 g/mol. The molecule has 0 bridgehead atoms. The Labute approximate surface area is 74.9 Å². The largest absolute Gasteiger partial charge is 1.00 e. The summed E-state index contributed by atoms with van der Waals surface area (Å²) in [6.07, 6.45) is 0. The molecule has 0 atom stereocenters. The molecular formula is C2H3AlI2. The number of hydrogen-bond donors (Lipinski definition) is 0. The van der Waals surface area contributed by atoms with Crippen LogP contribution in [-0.2, 0) is 0 Å². The van der Waals surface area contributed by atoms with Gasteiger partial charge in [-0.1, -0.05) is 0 Å². The molecule has 0 nitrogen and oxygen atoms in total. The van der Waals surface area contributed by atoms with E-state index in [1.165, 1.54) is 0 Å². The molecule has 0 aliphatic rings. The summed E-state index contributed by atoms with van der Waals surface area (Å²) in [6, 6.07) is 0. The zero-order chi connectivity index (χ0) is 2.71. The maximum absolute atomic E-state index is 3.32. The molecule has 0 N–H and O–H groups in total. The minimum atomic E-state index is 0. The maximum Gasteiger partial charge on any atom is -1.00 e. The fourth-order valence-corrected chi connectivity index (χ4v) is 0. The number of hydrogen-bond acceptors (Lipinski definition) is 0. The number of halogens is 2. The van der Waals surface area contributed by atoms with Gasteiger partial charge in [-0.3, -0.25) is 0 Å². The molecule has 0 fully saturated rings. The van der Waals surface area contributed by atoms with Crippen LogP contribution in [-0.4, -0.2) is 16.3 Å². The first-order chi connectivity index (χ1) is 1.41. The SMILES string of the molecule is C=[CH][Al+2].[I-].[I-]. The van der Waals surface area contributed by atoms with Crippen molar-refractivity contribution < 1.29 is 48.0 Å². The van der Waals surface area contributed by atoms with Gasteiger partial charge in [-0.25, -0.2) is 0 Å². The van der Waals surface area contributed by atoms with E-state index in [1.807, 2.05) is 0 Å². The average molecular weight is 308 g/mol. The van der Waals surface area contributed by atoms with Crippen LogP contribution in [0.1, 0.15) is 0 Å². The van der Waals surface area contributed by atoms with Crippen molar-refractivity contribution in [3.05, 3.63) is 11.5 Å². The summed E-state index contributed by atoms with van der Waals surface area (Å²) in [5.74, 6) is 0. The quantitative estimate of drug-likeness (QED) is 0.309. The second-order valence-electron chi connectivity index (χ2n) is 0.236. The van der Waals surface area contributed by atoms with Crippen LogP contribution in [0.5, 0.6) is 0 Å². The minimum Gasteiger partial charge on any atom is -1.00 e. The molecule has 0 spiro atoms. The van der Waals surface area contributed by atoms with Gasteiger partial charge in [0.2, 0.25) is 0 Å². The van der Waals surface area contributed by atoms with E-state index in [0.29, 0.717) is 0 Å². The van der Waals surface area contributed by atoms with Gasteiger partial charge in [0, 0.05) is 0 Å². The minimum absolute atomic E-state index is 0. The van der Waals surface area contributed by atoms with Crippen LogP contribution >= 0.6 is 0 Å². The first-order valence-corrected chi connectivity index (χ1v) is 1.41. The van der Waals surface area contributed by atoms with E-state index >= 15 is 0 Å². The van der Waals surface area contributed by atoms with Gasteiger partial charge < -0.3 is 48.0 Å². The molecule has 0 aliphatic carbocycles. The van der Waals surface area contributed by atoms with Gasteiger partial charge in [0.25, 0.3) is 0 Å². The van der Waals surface area contributed by atoms with Gasteiger partial charge in [-0.15, -0.1) is 0 Å². The van der Waals surface area contributed by atoms with Crippen LogP contribution in [0.15, 0.2) is 11.5 Å². The van der Waals surface area contributed by atoms with Crippen molar-refractivity contribution in [1.82, 2.24) is 0 Å². The number of rotatable bonds is 0. The van der Waals surface area contributed by atoms with Crippen LogP contribution in [0.2, 0.25) is 0 Å². The van der Waals surface area contributed by atoms with Gasteiger partial charge in [0.05, 0.1) is 0 Å². The molecule has 0 saturated heterocycles. The molecule has 28 valence electrons. The van der Waals surface area contributed by atoms with Crippen LogP contribution in [0.4, 0.5) is 0 Å². The van der Waals surface area contributed by atoms with Gasteiger partial charge >= 0.3 is 27.8 Å². The second kappa shape index (κ2) is 17.2. The second-order valence-corrected chi connectivity index (χ2v) is 0.707. The summed E-state index contributed by atoms with van der Waals surface area (Å²) in [5.41, 5.74) is 0. The summed E-state index contributed by atoms with van der Waals surface area (Å²) in [6.45, 7) is 3.32. The summed E-state index contributed by atoms with van der Waals surface area (Å²) in [4.78, 5) is 1.67. The summed E-state index contributed by atoms with van der Waals surface area (Å²) in [5, 5.41) is 0. The molecule has 0 aromatic carbocycles. The van der Waals surface area contributed by atoms with Gasteiger partial charge in [-0.2, -0.15) is 0 Å². The first kappa shape index (κ1) is 15.9. The van der Waals surface area contributed by atoms with E-state index in [0.717, 1.165) is 0 Å². The zero-order valence-corrected chi connectivity index (χ0v) is 8.09. The average Bonchev–Trinajstić information content (AvgIpc) is 0.918. The molecule has 0 aliphatic heterocycles. The normalized spacial score (nSPS) is 2.80. The summed E-state index contributed by atoms with van der Waals surface area (Å²) >= 11 is 2.34. The predicted octanol–water partition coefficient (Wildman–Crippen LogP) is -5.69. The predicted molar refractivity (Wildman–Crippen MR) is 16.0 cm³/mol. The molecule has 0 rings (SSSR count). The third-order valence-corrected chi connectivity index (χ3v) is 0. The van der Waals surface area contributed by atoms with E-state index in [9.17, 15) is 0 Å². The van der Waals surface area contributed by atoms with E-state index < -0.39 is 0 Å². The van der Waals surface area contributed by atoms with Crippen molar-refractivity contribution in [2.24, 2.45) is 0 Å². The molecule has 0 aromatic rings. The topological polar surface area (TPSA) is 0 Å². The first-order valence-electron chi connectivity index (χ1n) is 0.742. The Morgan fingerprint density at radius 2 is 1.40 bits per heavy atom. The van der Waals surface area contributed by atoms with Crippen molar-refractivity contribution in [1.29, 1.82) is 0 Å². The Balaban J connectivity index is -0.0000000200. The Bertz CT molecular complexity index is 15.1. The van der Waals surface area contributed by atoms with Crippen molar-refractivity contribution in [2.75, 3.05) is 0 Å². The fraction of sp³-hybridized carbons (Fsp3) is 0. The van der Waals surface area contributed by atoms with Gasteiger partial charge in [-0.05, 0) is 0 Å². The molecule has 0 radical (unpaired) electrons. The van der Waals surface area contributed by atoms with Crippen molar-refractivity contribution >= 4 is 16.3 Å². The molecule has 0 heterocycles.